The van der Waals surface area contributed by atoms with E-state index in [1.165, 1.54) is 35.7 Å². The van der Waals surface area contributed by atoms with Crippen molar-refractivity contribution >= 4 is 50.7 Å². The molecule has 0 aliphatic heterocycles. The number of fused-ring (bicyclic) bond motifs is 8. The number of aryl methyl sites for hydroxylation is 1. The molecule has 1 unspecified atom stereocenters. The molecule has 5 rings (SSSR count). The Morgan fingerprint density at radius 1 is 1.46 bits per heavy atom. The lowest BCUT2D eigenvalue weighted by Gasteiger charge is -2.17. The van der Waals surface area contributed by atoms with Crippen LogP contribution in [0.15, 0.2) is 11.5 Å². The van der Waals surface area contributed by atoms with Gasteiger partial charge in [-0.05, 0) is 30.7 Å². The van der Waals surface area contributed by atoms with Crippen LogP contribution in [0, 0.1) is 5.92 Å². The van der Waals surface area contributed by atoms with Gasteiger partial charge in [0.05, 0.1) is 18.2 Å². The third kappa shape index (κ3) is 2.25. The average molecular weight is 388 g/mol. The molecule has 4 aromatic rings. The molecular formula is C16H16N6O2S2. The summed E-state index contributed by atoms with van der Waals surface area (Å²) >= 11 is 3.10. The number of aromatic nitrogens is 6. The third-order valence-corrected chi connectivity index (χ3v) is 6.96. The lowest BCUT2D eigenvalue weighted by atomic mass is 9.89. The number of ether oxygens (including phenoxy) is 1. The monoisotopic (exact) mass is 388 g/mol. The molecule has 0 radical (unpaired) electrons. The largest absolute Gasteiger partial charge is 0.468 e. The summed E-state index contributed by atoms with van der Waals surface area (Å²) in [5, 5.41) is 14.7. The summed E-state index contributed by atoms with van der Waals surface area (Å²) in [6.07, 6.45) is 4.88. The van der Waals surface area contributed by atoms with Crippen molar-refractivity contribution in [3.63, 3.8) is 0 Å². The van der Waals surface area contributed by atoms with E-state index in [4.69, 9.17) is 4.74 Å². The zero-order valence-electron chi connectivity index (χ0n) is 14.3. The first-order chi connectivity index (χ1) is 12.7. The topological polar surface area (TPSA) is 86.7 Å². The first-order valence-corrected chi connectivity index (χ1v) is 10.2. The molecule has 0 fully saturated rings. The van der Waals surface area contributed by atoms with Crippen molar-refractivity contribution in [2.24, 2.45) is 5.92 Å². The number of rotatable bonds is 3. The lowest BCUT2D eigenvalue weighted by Crippen LogP contribution is -2.09. The molecule has 0 saturated heterocycles. The second kappa shape index (κ2) is 5.92. The van der Waals surface area contributed by atoms with Crippen molar-refractivity contribution in [1.29, 1.82) is 0 Å². The maximum absolute atomic E-state index is 11.5. The average Bonchev–Trinajstić information content (AvgIpc) is 3.34. The Kier molecular flexibility index (Phi) is 3.64. The Bertz CT molecular complexity index is 1160. The van der Waals surface area contributed by atoms with Crippen LogP contribution < -0.4 is 0 Å². The van der Waals surface area contributed by atoms with E-state index < -0.39 is 0 Å². The van der Waals surface area contributed by atoms with E-state index in [9.17, 15) is 4.79 Å². The molecule has 10 heteroatoms. The van der Waals surface area contributed by atoms with Gasteiger partial charge < -0.3 is 4.74 Å². The van der Waals surface area contributed by atoms with Crippen molar-refractivity contribution in [3.05, 3.63) is 16.8 Å². The van der Waals surface area contributed by atoms with Gasteiger partial charge in [-0.3, -0.25) is 4.79 Å². The Hall–Kier alpha value is -2.20. The molecule has 1 atom stereocenters. The molecule has 134 valence electrons. The number of hydrogen-bond acceptors (Lipinski definition) is 8. The van der Waals surface area contributed by atoms with Crippen LogP contribution in [-0.2, 0) is 22.4 Å². The predicted octanol–water partition coefficient (Wildman–Crippen LogP) is 2.38. The van der Waals surface area contributed by atoms with E-state index in [1.54, 1.807) is 22.2 Å². The minimum Gasteiger partial charge on any atom is -0.468 e. The van der Waals surface area contributed by atoms with Gasteiger partial charge in [0, 0.05) is 4.88 Å². The number of thiophene rings is 1. The molecule has 0 amide bonds. The molecule has 0 spiro atoms. The minimum absolute atomic E-state index is 0.191. The van der Waals surface area contributed by atoms with Gasteiger partial charge in [0.1, 0.15) is 11.2 Å². The molecule has 0 bridgehead atoms. The number of nitrogens with zero attached hydrogens (tertiary/aromatic N) is 6. The van der Waals surface area contributed by atoms with E-state index in [1.807, 2.05) is 4.40 Å². The van der Waals surface area contributed by atoms with Gasteiger partial charge in [-0.15, -0.1) is 21.5 Å². The van der Waals surface area contributed by atoms with E-state index in [2.05, 4.69) is 27.2 Å². The fourth-order valence-corrected chi connectivity index (χ4v) is 5.86. The predicted molar refractivity (Wildman–Crippen MR) is 98.8 cm³/mol. The van der Waals surface area contributed by atoms with E-state index in [-0.39, 0.29) is 11.7 Å². The van der Waals surface area contributed by atoms with Gasteiger partial charge in [0.2, 0.25) is 0 Å². The van der Waals surface area contributed by atoms with Crippen LogP contribution in [-0.4, -0.2) is 48.0 Å². The van der Waals surface area contributed by atoms with Crippen LogP contribution in [0.4, 0.5) is 0 Å². The summed E-state index contributed by atoms with van der Waals surface area (Å²) in [7, 11) is 1.39. The fraction of sp³-hybridized carbons (Fsp3) is 0.438. The molecular weight excluding hydrogens is 372 g/mol. The molecule has 0 saturated carbocycles. The maximum Gasteiger partial charge on any atom is 0.316 e. The first kappa shape index (κ1) is 16.0. The van der Waals surface area contributed by atoms with Gasteiger partial charge in [-0.1, -0.05) is 18.7 Å². The molecule has 0 aromatic carbocycles. The van der Waals surface area contributed by atoms with Crippen molar-refractivity contribution in [1.82, 2.24) is 29.2 Å². The van der Waals surface area contributed by atoms with Crippen LogP contribution >= 0.6 is 23.1 Å². The molecule has 1 aliphatic carbocycles. The molecule has 26 heavy (non-hydrogen) atoms. The van der Waals surface area contributed by atoms with Crippen molar-refractivity contribution in [2.75, 3.05) is 12.9 Å². The number of carbonyl (C=O) groups excluding carboxylic acids is 1. The van der Waals surface area contributed by atoms with Crippen LogP contribution in [0.25, 0.3) is 21.6 Å². The molecule has 4 aromatic heterocycles. The Labute approximate surface area is 156 Å². The lowest BCUT2D eigenvalue weighted by molar-refractivity contribution is -0.137. The Balaban J connectivity index is 1.80. The quantitative estimate of drug-likeness (QED) is 0.393. The number of methoxy groups -OCH3 is 1. The minimum atomic E-state index is -0.288. The summed E-state index contributed by atoms with van der Waals surface area (Å²) in [5.41, 5.74) is 2.21. The standard InChI is InChI=1S/C16H16N6O2S2/c1-8-3-4-9-10(5-8)26-14-12(9)13-17-7-18-22(13)15-19-20-16(21(14)15)25-6-11(23)24-2/h7-8H,3-6H2,1-2H3. The molecule has 0 N–H and O–H groups in total. The number of thioether (sulfide) groups is 1. The van der Waals surface area contributed by atoms with Crippen LogP contribution in [0.3, 0.4) is 0 Å². The summed E-state index contributed by atoms with van der Waals surface area (Å²) < 4.78 is 8.48. The zero-order valence-corrected chi connectivity index (χ0v) is 15.9. The van der Waals surface area contributed by atoms with E-state index >= 15 is 0 Å². The second-order valence-electron chi connectivity index (χ2n) is 6.51. The van der Waals surface area contributed by atoms with Gasteiger partial charge in [-0.2, -0.15) is 9.61 Å². The second-order valence-corrected chi connectivity index (χ2v) is 8.54. The SMILES string of the molecule is COC(=O)CSc1nnc2n3ncnc3c3c4c(sc3n12)CC(C)CC4. The Morgan fingerprint density at radius 3 is 3.19 bits per heavy atom. The van der Waals surface area contributed by atoms with Gasteiger partial charge in [0.15, 0.2) is 10.8 Å². The fourth-order valence-electron chi connectivity index (χ4n) is 3.54. The highest BCUT2D eigenvalue weighted by Crippen LogP contribution is 2.40. The highest BCUT2D eigenvalue weighted by atomic mass is 32.2. The zero-order chi connectivity index (χ0) is 17.8. The smallest absolute Gasteiger partial charge is 0.316 e. The van der Waals surface area contributed by atoms with Gasteiger partial charge >= 0.3 is 5.97 Å². The van der Waals surface area contributed by atoms with Crippen molar-refractivity contribution in [2.45, 2.75) is 31.3 Å². The number of carbonyl (C=O) groups is 1. The van der Waals surface area contributed by atoms with Crippen LogP contribution in [0.2, 0.25) is 0 Å². The summed E-state index contributed by atoms with van der Waals surface area (Å²) in [6, 6.07) is 0. The highest BCUT2D eigenvalue weighted by molar-refractivity contribution is 7.99. The number of esters is 1. The maximum atomic E-state index is 11.5. The Morgan fingerprint density at radius 2 is 2.35 bits per heavy atom. The van der Waals surface area contributed by atoms with Crippen LogP contribution in [0.5, 0.6) is 0 Å². The third-order valence-electron chi connectivity index (χ3n) is 4.82. The number of hydrogen-bond donors (Lipinski definition) is 0. The van der Waals surface area contributed by atoms with Crippen molar-refractivity contribution < 1.29 is 9.53 Å². The van der Waals surface area contributed by atoms with Crippen LogP contribution in [0.1, 0.15) is 23.8 Å². The van der Waals surface area contributed by atoms with Gasteiger partial charge in [0.25, 0.3) is 5.78 Å². The van der Waals surface area contributed by atoms with E-state index in [0.717, 1.165) is 28.7 Å². The molecule has 8 nitrogen and oxygen atoms in total. The summed E-state index contributed by atoms with van der Waals surface area (Å²) in [5.74, 6) is 1.21. The molecule has 1 aliphatic rings. The summed E-state index contributed by atoms with van der Waals surface area (Å²) in [6.45, 7) is 2.30. The normalized spacial score (nSPS) is 17.2. The first-order valence-electron chi connectivity index (χ1n) is 8.38. The van der Waals surface area contributed by atoms with E-state index in [0.29, 0.717) is 16.9 Å². The highest BCUT2D eigenvalue weighted by Gasteiger charge is 2.26. The van der Waals surface area contributed by atoms with Crippen molar-refractivity contribution in [3.8, 4) is 0 Å². The van der Waals surface area contributed by atoms with Gasteiger partial charge in [-0.25, -0.2) is 9.38 Å². The molecule has 4 heterocycles. The summed E-state index contributed by atoms with van der Waals surface area (Å²) in [4.78, 5) is 18.5.